The highest BCUT2D eigenvalue weighted by Crippen LogP contribution is 2.39. The average molecular weight is 131 g/mol. The van der Waals surface area contributed by atoms with Crippen LogP contribution in [0.3, 0.4) is 0 Å². The van der Waals surface area contributed by atoms with Gasteiger partial charge < -0.3 is 0 Å². The summed E-state index contributed by atoms with van der Waals surface area (Å²) in [5, 5.41) is 8.18. The van der Waals surface area contributed by atoms with Gasteiger partial charge in [-0.05, 0) is 18.8 Å². The average Bonchev–Trinajstić information content (AvgIpc) is 2.50. The summed E-state index contributed by atoms with van der Waals surface area (Å²) < 4.78 is 23.5. The van der Waals surface area contributed by atoms with E-state index in [0.29, 0.717) is 0 Å². The van der Waals surface area contributed by atoms with Crippen LogP contribution in [0.4, 0.5) is 8.78 Å². The molecular formula is C6H7F2N. The quantitative estimate of drug-likeness (QED) is 0.560. The zero-order chi connectivity index (χ0) is 6.85. The fraction of sp³-hybridized carbons (Fsp3) is 0.833. The van der Waals surface area contributed by atoms with Gasteiger partial charge in [0.1, 0.15) is 5.92 Å². The molecule has 0 bridgehead atoms. The molecule has 1 aliphatic carbocycles. The number of hydrogen-bond donors (Lipinski definition) is 0. The molecule has 9 heavy (non-hydrogen) atoms. The van der Waals surface area contributed by atoms with Gasteiger partial charge in [-0.25, -0.2) is 8.78 Å². The van der Waals surface area contributed by atoms with E-state index in [-0.39, 0.29) is 5.92 Å². The fourth-order valence-electron chi connectivity index (χ4n) is 0.823. The van der Waals surface area contributed by atoms with E-state index in [2.05, 4.69) is 0 Å². The number of halogens is 2. The molecule has 1 atom stereocenters. The molecule has 0 spiro atoms. The maximum absolute atomic E-state index is 11.8. The lowest BCUT2D eigenvalue weighted by atomic mass is 10.1. The van der Waals surface area contributed by atoms with Crippen molar-refractivity contribution in [2.75, 3.05) is 0 Å². The molecule has 0 aliphatic heterocycles. The maximum Gasteiger partial charge on any atom is 0.254 e. The first-order valence-corrected chi connectivity index (χ1v) is 2.93. The van der Waals surface area contributed by atoms with Crippen LogP contribution in [0.1, 0.15) is 12.8 Å². The number of alkyl halides is 2. The number of nitrogens with zero attached hydrogens (tertiary/aromatic N) is 1. The lowest BCUT2D eigenvalue weighted by Gasteiger charge is -2.02. The van der Waals surface area contributed by atoms with Crippen LogP contribution >= 0.6 is 0 Å². The maximum atomic E-state index is 11.8. The fourth-order valence-corrected chi connectivity index (χ4v) is 0.823. The lowest BCUT2D eigenvalue weighted by Crippen LogP contribution is -2.10. The third kappa shape index (κ3) is 1.38. The first-order chi connectivity index (χ1) is 4.25. The van der Waals surface area contributed by atoms with Crippen LogP contribution in [0.25, 0.3) is 0 Å². The summed E-state index contributed by atoms with van der Waals surface area (Å²) in [4.78, 5) is 0. The predicted molar refractivity (Wildman–Crippen MR) is 27.8 cm³/mol. The monoisotopic (exact) mass is 131 g/mol. The molecule has 0 saturated heterocycles. The molecule has 0 aromatic rings. The van der Waals surface area contributed by atoms with Crippen LogP contribution in [-0.2, 0) is 0 Å². The Morgan fingerprint density at radius 3 is 2.11 bits per heavy atom. The Hall–Kier alpha value is -0.650. The Labute approximate surface area is 52.3 Å². The number of rotatable bonds is 2. The van der Waals surface area contributed by atoms with E-state index < -0.39 is 12.3 Å². The molecule has 0 aromatic carbocycles. The van der Waals surface area contributed by atoms with Gasteiger partial charge in [0.15, 0.2) is 0 Å². The van der Waals surface area contributed by atoms with Gasteiger partial charge in [-0.2, -0.15) is 5.26 Å². The van der Waals surface area contributed by atoms with Crippen molar-refractivity contribution in [1.29, 1.82) is 5.26 Å². The molecule has 1 fully saturated rings. The molecule has 1 aliphatic rings. The first kappa shape index (κ1) is 6.47. The summed E-state index contributed by atoms with van der Waals surface area (Å²) in [5.74, 6) is -1.00. The van der Waals surface area contributed by atoms with Gasteiger partial charge in [-0.1, -0.05) is 0 Å². The standard InChI is InChI=1S/C6H7F2N/c7-6(8)5(3-9)4-1-2-4/h4-6H,1-2H2. The summed E-state index contributed by atoms with van der Waals surface area (Å²) in [6.45, 7) is 0. The van der Waals surface area contributed by atoms with E-state index in [1.54, 1.807) is 6.07 Å². The van der Waals surface area contributed by atoms with Crippen molar-refractivity contribution in [2.24, 2.45) is 11.8 Å². The topological polar surface area (TPSA) is 23.8 Å². The largest absolute Gasteiger partial charge is 0.254 e. The highest BCUT2D eigenvalue weighted by atomic mass is 19.3. The second-order valence-corrected chi connectivity index (χ2v) is 2.33. The van der Waals surface area contributed by atoms with E-state index >= 15 is 0 Å². The van der Waals surface area contributed by atoms with E-state index in [1.807, 2.05) is 0 Å². The Morgan fingerprint density at radius 2 is 2.00 bits per heavy atom. The second-order valence-electron chi connectivity index (χ2n) is 2.33. The zero-order valence-corrected chi connectivity index (χ0v) is 4.85. The summed E-state index contributed by atoms with van der Waals surface area (Å²) >= 11 is 0. The molecule has 0 heterocycles. The van der Waals surface area contributed by atoms with Gasteiger partial charge in [0.25, 0.3) is 6.43 Å². The van der Waals surface area contributed by atoms with Gasteiger partial charge in [0.05, 0.1) is 6.07 Å². The SMILES string of the molecule is N#CC(C(F)F)C1CC1. The molecule has 1 rings (SSSR count). The number of hydrogen-bond acceptors (Lipinski definition) is 1. The van der Waals surface area contributed by atoms with Crippen molar-refractivity contribution in [3.8, 4) is 6.07 Å². The van der Waals surface area contributed by atoms with E-state index in [1.165, 1.54) is 0 Å². The molecule has 0 N–H and O–H groups in total. The molecule has 0 aromatic heterocycles. The van der Waals surface area contributed by atoms with Gasteiger partial charge in [-0.15, -0.1) is 0 Å². The van der Waals surface area contributed by atoms with Crippen LogP contribution in [-0.4, -0.2) is 6.43 Å². The molecule has 1 saturated carbocycles. The smallest absolute Gasteiger partial charge is 0.209 e. The Morgan fingerprint density at radius 1 is 1.44 bits per heavy atom. The van der Waals surface area contributed by atoms with Gasteiger partial charge in [0.2, 0.25) is 0 Å². The third-order valence-corrected chi connectivity index (χ3v) is 1.55. The molecule has 1 nitrogen and oxygen atoms in total. The van der Waals surface area contributed by atoms with Crippen molar-refractivity contribution in [3.63, 3.8) is 0 Å². The minimum absolute atomic E-state index is 0.00463. The van der Waals surface area contributed by atoms with Crippen LogP contribution in [0, 0.1) is 23.2 Å². The lowest BCUT2D eigenvalue weighted by molar-refractivity contribution is 0.0934. The van der Waals surface area contributed by atoms with Gasteiger partial charge in [0, 0.05) is 0 Å². The highest BCUT2D eigenvalue weighted by molar-refractivity contribution is 4.95. The third-order valence-electron chi connectivity index (χ3n) is 1.55. The zero-order valence-electron chi connectivity index (χ0n) is 4.85. The Kier molecular flexibility index (Phi) is 1.65. The molecule has 0 amide bonds. The molecule has 50 valence electrons. The van der Waals surface area contributed by atoms with Gasteiger partial charge in [-0.3, -0.25) is 0 Å². The van der Waals surface area contributed by atoms with Crippen LogP contribution in [0.5, 0.6) is 0 Å². The van der Waals surface area contributed by atoms with Crippen molar-refractivity contribution in [1.82, 2.24) is 0 Å². The Balaban J connectivity index is 2.40. The van der Waals surface area contributed by atoms with Crippen LogP contribution in [0.2, 0.25) is 0 Å². The molecule has 0 radical (unpaired) electrons. The van der Waals surface area contributed by atoms with Crippen LogP contribution < -0.4 is 0 Å². The van der Waals surface area contributed by atoms with Crippen molar-refractivity contribution < 1.29 is 8.78 Å². The van der Waals surface area contributed by atoms with E-state index in [0.717, 1.165) is 12.8 Å². The van der Waals surface area contributed by atoms with Crippen molar-refractivity contribution in [2.45, 2.75) is 19.3 Å². The second kappa shape index (κ2) is 2.30. The number of nitriles is 1. The minimum Gasteiger partial charge on any atom is -0.209 e. The van der Waals surface area contributed by atoms with E-state index in [9.17, 15) is 8.78 Å². The minimum atomic E-state index is -2.44. The molecule has 3 heteroatoms. The normalized spacial score (nSPS) is 21.6. The van der Waals surface area contributed by atoms with Crippen LogP contribution in [0.15, 0.2) is 0 Å². The van der Waals surface area contributed by atoms with E-state index in [4.69, 9.17) is 5.26 Å². The summed E-state index contributed by atoms with van der Waals surface area (Å²) in [5.41, 5.74) is 0. The van der Waals surface area contributed by atoms with Gasteiger partial charge >= 0.3 is 0 Å². The van der Waals surface area contributed by atoms with Crippen molar-refractivity contribution >= 4 is 0 Å². The molecule has 1 unspecified atom stereocenters. The first-order valence-electron chi connectivity index (χ1n) is 2.93. The predicted octanol–water partition coefficient (Wildman–Crippen LogP) is 1.80. The van der Waals surface area contributed by atoms with Crippen molar-refractivity contribution in [3.05, 3.63) is 0 Å². The molecular weight excluding hydrogens is 124 g/mol. The highest BCUT2D eigenvalue weighted by Gasteiger charge is 2.37. The summed E-state index contributed by atoms with van der Waals surface area (Å²) in [7, 11) is 0. The summed E-state index contributed by atoms with van der Waals surface area (Å²) in [6, 6.07) is 1.61. The Bertz CT molecular complexity index is 132. The summed E-state index contributed by atoms with van der Waals surface area (Å²) in [6.07, 6.45) is -0.826.